The maximum atomic E-state index is 12.3. The lowest BCUT2D eigenvalue weighted by Gasteiger charge is -2.09. The fourth-order valence-corrected chi connectivity index (χ4v) is 2.52. The number of aromatic nitrogens is 1. The first kappa shape index (κ1) is 19.8. The molecule has 2 aromatic carbocycles. The van der Waals surface area contributed by atoms with Crippen LogP contribution in [-0.2, 0) is 11.4 Å². The zero-order valence-electron chi connectivity index (χ0n) is 14.6. The van der Waals surface area contributed by atoms with Gasteiger partial charge in [-0.25, -0.2) is 4.98 Å². The molecule has 0 bridgehead atoms. The molecule has 0 aliphatic heterocycles. The second-order valence-corrected chi connectivity index (χ2v) is 6.36. The second kappa shape index (κ2) is 9.32. The lowest BCUT2D eigenvalue weighted by atomic mass is 10.2. The smallest absolute Gasteiger partial charge is 0.387 e. The predicted octanol–water partition coefficient (Wildman–Crippen LogP) is 5.26. The van der Waals surface area contributed by atoms with Gasteiger partial charge in [-0.2, -0.15) is 8.78 Å². The maximum Gasteiger partial charge on any atom is 0.387 e. The molecular formula is C19H15BrF2N2O4. The number of rotatable bonds is 8. The summed E-state index contributed by atoms with van der Waals surface area (Å²) in [6, 6.07) is 12.0. The standard InChI is InChI=1S/C19H15BrF2N2O4/c1-25-17-8-12(2-7-16(17)28-19(21)22)9-23-27-11-15-10-26-18(24-15)13-3-5-14(20)6-4-13/h2-10,19H,11H2,1H3/b23-9+. The van der Waals surface area contributed by atoms with Gasteiger partial charge in [-0.1, -0.05) is 21.1 Å². The molecule has 9 heteroatoms. The highest BCUT2D eigenvalue weighted by molar-refractivity contribution is 9.10. The number of hydrogen-bond donors (Lipinski definition) is 0. The molecule has 0 fully saturated rings. The van der Waals surface area contributed by atoms with Gasteiger partial charge in [0.05, 0.1) is 13.3 Å². The average molecular weight is 453 g/mol. The first-order chi connectivity index (χ1) is 13.5. The number of nitrogens with zero attached hydrogens (tertiary/aromatic N) is 2. The zero-order valence-corrected chi connectivity index (χ0v) is 16.2. The molecular weight excluding hydrogens is 438 g/mol. The van der Waals surface area contributed by atoms with E-state index in [0.29, 0.717) is 17.1 Å². The number of oxazole rings is 1. The third kappa shape index (κ3) is 5.29. The molecule has 0 aliphatic rings. The third-order valence-corrected chi connectivity index (χ3v) is 4.06. The zero-order chi connectivity index (χ0) is 19.9. The Bertz CT molecular complexity index is 945. The Morgan fingerprint density at radius 3 is 2.68 bits per heavy atom. The van der Waals surface area contributed by atoms with Crippen LogP contribution in [0.15, 0.2) is 62.8 Å². The van der Waals surface area contributed by atoms with Crippen LogP contribution in [0.1, 0.15) is 11.3 Å². The minimum Gasteiger partial charge on any atom is -0.493 e. The van der Waals surface area contributed by atoms with Gasteiger partial charge >= 0.3 is 6.61 Å². The minimum atomic E-state index is -2.93. The molecule has 28 heavy (non-hydrogen) atoms. The number of benzene rings is 2. The molecule has 0 N–H and O–H groups in total. The number of hydrogen-bond acceptors (Lipinski definition) is 6. The third-order valence-electron chi connectivity index (χ3n) is 3.54. The van der Waals surface area contributed by atoms with Gasteiger partial charge in [0.25, 0.3) is 0 Å². The van der Waals surface area contributed by atoms with Crippen LogP contribution in [0.5, 0.6) is 11.5 Å². The van der Waals surface area contributed by atoms with Crippen molar-refractivity contribution in [2.24, 2.45) is 5.16 Å². The molecule has 0 amide bonds. The minimum absolute atomic E-state index is 0.0568. The number of ether oxygens (including phenoxy) is 2. The average Bonchev–Trinajstić information content (AvgIpc) is 3.15. The highest BCUT2D eigenvalue weighted by Gasteiger charge is 2.10. The summed E-state index contributed by atoms with van der Waals surface area (Å²) in [6.45, 7) is -2.82. The van der Waals surface area contributed by atoms with Crippen molar-refractivity contribution in [3.05, 3.63) is 64.5 Å². The predicted molar refractivity (Wildman–Crippen MR) is 102 cm³/mol. The van der Waals surface area contributed by atoms with E-state index in [1.54, 1.807) is 6.07 Å². The highest BCUT2D eigenvalue weighted by atomic mass is 79.9. The van der Waals surface area contributed by atoms with Crippen molar-refractivity contribution in [1.29, 1.82) is 0 Å². The Morgan fingerprint density at radius 2 is 1.96 bits per heavy atom. The molecule has 1 aromatic heterocycles. The number of methoxy groups -OCH3 is 1. The van der Waals surface area contributed by atoms with Gasteiger partial charge in [-0.3, -0.25) is 0 Å². The molecule has 3 aromatic rings. The van der Waals surface area contributed by atoms with Crippen LogP contribution in [-0.4, -0.2) is 24.9 Å². The monoisotopic (exact) mass is 452 g/mol. The van der Waals surface area contributed by atoms with Crippen LogP contribution < -0.4 is 9.47 Å². The summed E-state index contributed by atoms with van der Waals surface area (Å²) in [4.78, 5) is 9.54. The Balaban J connectivity index is 1.57. The van der Waals surface area contributed by atoms with Gasteiger partial charge in [0, 0.05) is 15.6 Å². The second-order valence-electron chi connectivity index (χ2n) is 5.45. The molecule has 0 spiro atoms. The fourth-order valence-electron chi connectivity index (χ4n) is 2.26. The van der Waals surface area contributed by atoms with E-state index in [0.717, 1.165) is 10.0 Å². The summed E-state index contributed by atoms with van der Waals surface area (Å²) >= 11 is 3.37. The number of oxime groups is 1. The summed E-state index contributed by atoms with van der Waals surface area (Å²) in [5.74, 6) is 0.591. The van der Waals surface area contributed by atoms with Crippen LogP contribution in [0.2, 0.25) is 0 Å². The van der Waals surface area contributed by atoms with Gasteiger partial charge in [0.15, 0.2) is 18.1 Å². The van der Waals surface area contributed by atoms with Crippen LogP contribution in [0.4, 0.5) is 8.78 Å². The van der Waals surface area contributed by atoms with Crippen LogP contribution in [0, 0.1) is 0 Å². The van der Waals surface area contributed by atoms with E-state index in [9.17, 15) is 8.78 Å². The highest BCUT2D eigenvalue weighted by Crippen LogP contribution is 2.29. The van der Waals surface area contributed by atoms with E-state index in [1.165, 1.54) is 31.7 Å². The van der Waals surface area contributed by atoms with E-state index in [1.807, 2.05) is 24.3 Å². The maximum absolute atomic E-state index is 12.3. The summed E-state index contributed by atoms with van der Waals surface area (Å²) < 4.78 is 40.5. The number of halogens is 3. The van der Waals surface area contributed by atoms with Crippen molar-refractivity contribution in [3.8, 4) is 23.0 Å². The Morgan fingerprint density at radius 1 is 1.18 bits per heavy atom. The lowest BCUT2D eigenvalue weighted by Crippen LogP contribution is -2.03. The van der Waals surface area contributed by atoms with Gasteiger partial charge in [0.1, 0.15) is 12.0 Å². The van der Waals surface area contributed by atoms with E-state index >= 15 is 0 Å². The first-order valence-electron chi connectivity index (χ1n) is 8.03. The van der Waals surface area contributed by atoms with E-state index < -0.39 is 6.61 Å². The first-order valence-corrected chi connectivity index (χ1v) is 8.83. The molecule has 0 saturated carbocycles. The topological polar surface area (TPSA) is 66.1 Å². The summed E-state index contributed by atoms with van der Waals surface area (Å²) in [7, 11) is 1.36. The van der Waals surface area contributed by atoms with Crippen molar-refractivity contribution in [2.45, 2.75) is 13.2 Å². The van der Waals surface area contributed by atoms with Crippen molar-refractivity contribution in [3.63, 3.8) is 0 Å². The molecule has 3 rings (SSSR count). The SMILES string of the molecule is COc1cc(/C=N/OCc2coc(-c3ccc(Br)cc3)n2)ccc1OC(F)F. The van der Waals surface area contributed by atoms with E-state index in [-0.39, 0.29) is 18.1 Å². The van der Waals surface area contributed by atoms with Gasteiger partial charge in [0.2, 0.25) is 5.89 Å². The largest absolute Gasteiger partial charge is 0.493 e. The van der Waals surface area contributed by atoms with Gasteiger partial charge in [-0.05, 0) is 42.5 Å². The van der Waals surface area contributed by atoms with Crippen LogP contribution in [0.3, 0.4) is 0 Å². The van der Waals surface area contributed by atoms with Crippen molar-refractivity contribution in [2.75, 3.05) is 7.11 Å². The summed E-state index contributed by atoms with van der Waals surface area (Å²) in [5.41, 5.74) is 2.01. The summed E-state index contributed by atoms with van der Waals surface area (Å²) in [5, 5.41) is 3.84. The molecule has 0 radical (unpaired) electrons. The number of alkyl halides is 2. The Labute approximate surface area is 167 Å². The summed E-state index contributed by atoms with van der Waals surface area (Å²) in [6.07, 6.45) is 2.91. The van der Waals surface area contributed by atoms with E-state index in [4.69, 9.17) is 14.0 Å². The molecule has 6 nitrogen and oxygen atoms in total. The van der Waals surface area contributed by atoms with Crippen LogP contribution in [0.25, 0.3) is 11.5 Å². The van der Waals surface area contributed by atoms with Crippen LogP contribution >= 0.6 is 15.9 Å². The van der Waals surface area contributed by atoms with Crippen molar-refractivity contribution >= 4 is 22.1 Å². The van der Waals surface area contributed by atoms with Gasteiger partial charge in [-0.15, -0.1) is 0 Å². The van der Waals surface area contributed by atoms with Crippen molar-refractivity contribution < 1.29 is 27.5 Å². The fraction of sp³-hybridized carbons (Fsp3) is 0.158. The normalized spacial score (nSPS) is 11.2. The quantitative estimate of drug-likeness (QED) is 0.344. The molecule has 1 heterocycles. The van der Waals surface area contributed by atoms with Crippen molar-refractivity contribution in [1.82, 2.24) is 4.98 Å². The molecule has 146 valence electrons. The lowest BCUT2D eigenvalue weighted by molar-refractivity contribution is -0.0512. The van der Waals surface area contributed by atoms with E-state index in [2.05, 4.69) is 30.8 Å². The van der Waals surface area contributed by atoms with Gasteiger partial charge < -0.3 is 18.7 Å². The molecule has 0 atom stereocenters. The molecule has 0 unspecified atom stereocenters. The molecule has 0 saturated heterocycles. The Hall–Kier alpha value is -2.94. The molecule has 0 aliphatic carbocycles. The Kier molecular flexibility index (Phi) is 6.59.